The molecule has 1 atom stereocenters. The first-order chi connectivity index (χ1) is 8.79. The zero-order valence-electron chi connectivity index (χ0n) is 13.6. The highest BCUT2D eigenvalue weighted by atomic mass is 15.1. The third-order valence-electron chi connectivity index (χ3n) is 3.24. The van der Waals surface area contributed by atoms with Crippen molar-refractivity contribution >= 4 is 0 Å². The Kier molecular flexibility index (Phi) is 8.29. The lowest BCUT2D eigenvalue weighted by Crippen LogP contribution is -2.37. The summed E-state index contributed by atoms with van der Waals surface area (Å²) in [4.78, 5) is 2.25. The molecule has 19 heavy (non-hydrogen) atoms. The zero-order chi connectivity index (χ0) is 15.0. The first-order valence-electron chi connectivity index (χ1n) is 7.30. The van der Waals surface area contributed by atoms with Gasteiger partial charge in [0.1, 0.15) is 0 Å². The van der Waals surface area contributed by atoms with Crippen molar-refractivity contribution in [3.8, 4) is 0 Å². The van der Waals surface area contributed by atoms with E-state index in [1.54, 1.807) is 0 Å². The molecule has 2 nitrogen and oxygen atoms in total. The Bertz CT molecular complexity index is 315. The van der Waals surface area contributed by atoms with Gasteiger partial charge in [0.05, 0.1) is 6.04 Å². The lowest BCUT2D eigenvalue weighted by molar-refractivity contribution is 0.325. The summed E-state index contributed by atoms with van der Waals surface area (Å²) in [6.45, 7) is 21.9. The van der Waals surface area contributed by atoms with Crippen molar-refractivity contribution in [1.82, 2.24) is 10.2 Å². The Balaban J connectivity index is 4.67. The van der Waals surface area contributed by atoms with Gasteiger partial charge in [-0.25, -0.2) is 0 Å². The first kappa shape index (κ1) is 17.8. The van der Waals surface area contributed by atoms with Crippen LogP contribution in [0.1, 0.15) is 47.0 Å². The number of hydrogen-bond donors (Lipinski definition) is 1. The molecule has 0 heterocycles. The maximum absolute atomic E-state index is 4.27. The van der Waals surface area contributed by atoms with E-state index in [4.69, 9.17) is 0 Å². The molecule has 0 aromatic rings. The molecule has 1 N–H and O–H groups in total. The molecule has 0 aromatic heterocycles. The number of rotatable bonds is 10. The summed E-state index contributed by atoms with van der Waals surface area (Å²) in [6, 6.07) is 0.257. The van der Waals surface area contributed by atoms with Crippen LogP contribution < -0.4 is 5.32 Å². The summed E-state index contributed by atoms with van der Waals surface area (Å²) >= 11 is 0. The standard InChI is InChI=1S/C17H32N2/c1-9-10-11-17(18-15(6)14(4)5)16(7)19(8)12-13(2)3/h13,17-18H,4,6-7,9-12H2,1-3,5,8H3/t17-/m0/s1. The van der Waals surface area contributed by atoms with Crippen molar-refractivity contribution in [2.24, 2.45) is 5.92 Å². The fourth-order valence-corrected chi connectivity index (χ4v) is 1.99. The van der Waals surface area contributed by atoms with Crippen LogP contribution in [-0.4, -0.2) is 24.5 Å². The first-order valence-corrected chi connectivity index (χ1v) is 7.30. The van der Waals surface area contributed by atoms with E-state index >= 15 is 0 Å². The Morgan fingerprint density at radius 3 is 2.21 bits per heavy atom. The smallest absolute Gasteiger partial charge is 0.0655 e. The van der Waals surface area contributed by atoms with E-state index in [0.717, 1.165) is 29.9 Å². The maximum atomic E-state index is 4.27. The van der Waals surface area contributed by atoms with E-state index in [0.29, 0.717) is 5.92 Å². The van der Waals surface area contributed by atoms with Crippen molar-refractivity contribution in [2.45, 2.75) is 53.0 Å². The third kappa shape index (κ3) is 7.09. The Labute approximate surface area is 120 Å². The number of nitrogens with zero attached hydrogens (tertiary/aromatic N) is 1. The molecule has 0 fully saturated rings. The number of unbranched alkanes of at least 4 members (excludes halogenated alkanes) is 1. The summed E-state index contributed by atoms with van der Waals surface area (Å²) in [6.07, 6.45) is 3.47. The number of nitrogens with one attached hydrogen (secondary N) is 1. The Hall–Kier alpha value is -1.18. The van der Waals surface area contributed by atoms with E-state index in [1.807, 2.05) is 6.92 Å². The number of hydrogen-bond acceptors (Lipinski definition) is 2. The van der Waals surface area contributed by atoms with Gasteiger partial charge in [0.2, 0.25) is 0 Å². The van der Waals surface area contributed by atoms with E-state index in [2.05, 4.69) is 57.8 Å². The van der Waals surface area contributed by atoms with Crippen LogP contribution in [0.3, 0.4) is 0 Å². The monoisotopic (exact) mass is 264 g/mol. The Morgan fingerprint density at radius 1 is 1.21 bits per heavy atom. The van der Waals surface area contributed by atoms with Gasteiger partial charge in [0, 0.05) is 25.0 Å². The van der Waals surface area contributed by atoms with Gasteiger partial charge >= 0.3 is 0 Å². The summed E-state index contributed by atoms with van der Waals surface area (Å²) in [5, 5.41) is 3.47. The van der Waals surface area contributed by atoms with Gasteiger partial charge in [-0.3, -0.25) is 0 Å². The minimum atomic E-state index is 0.257. The number of likely N-dealkylation sites (N-methyl/N-ethyl adjacent to an activating group) is 1. The van der Waals surface area contributed by atoms with Crippen molar-refractivity contribution in [1.29, 1.82) is 0 Å². The average molecular weight is 264 g/mol. The van der Waals surface area contributed by atoms with Crippen molar-refractivity contribution in [2.75, 3.05) is 13.6 Å². The SMILES string of the molecule is C=C(C)C(=C)N[C@@H](CCCC)C(=C)N(C)CC(C)C. The molecule has 110 valence electrons. The van der Waals surface area contributed by atoms with Gasteiger partial charge in [-0.05, 0) is 24.8 Å². The molecule has 0 amide bonds. The third-order valence-corrected chi connectivity index (χ3v) is 3.24. The van der Waals surface area contributed by atoms with Crippen LogP contribution in [-0.2, 0) is 0 Å². The van der Waals surface area contributed by atoms with Gasteiger partial charge in [0.15, 0.2) is 0 Å². The van der Waals surface area contributed by atoms with Gasteiger partial charge in [-0.2, -0.15) is 0 Å². The fraction of sp³-hybridized carbons (Fsp3) is 0.647. The minimum Gasteiger partial charge on any atom is -0.377 e. The van der Waals surface area contributed by atoms with Crippen LogP contribution in [0.15, 0.2) is 36.7 Å². The average Bonchev–Trinajstić information content (AvgIpc) is 2.32. The molecule has 0 aromatic carbocycles. The second-order valence-electron chi connectivity index (χ2n) is 5.86. The highest BCUT2D eigenvalue weighted by Crippen LogP contribution is 2.16. The van der Waals surface area contributed by atoms with Crippen molar-refractivity contribution in [3.05, 3.63) is 36.7 Å². The predicted molar refractivity (Wildman–Crippen MR) is 87.0 cm³/mol. The topological polar surface area (TPSA) is 15.3 Å². The van der Waals surface area contributed by atoms with E-state index in [1.165, 1.54) is 12.8 Å². The summed E-state index contributed by atoms with van der Waals surface area (Å²) in [5.74, 6) is 0.637. The van der Waals surface area contributed by atoms with Gasteiger partial charge in [-0.15, -0.1) is 0 Å². The lowest BCUT2D eigenvalue weighted by Gasteiger charge is -2.31. The molecule has 0 rings (SSSR count). The molecule has 0 bridgehead atoms. The zero-order valence-corrected chi connectivity index (χ0v) is 13.6. The second kappa shape index (κ2) is 8.84. The Morgan fingerprint density at radius 2 is 1.79 bits per heavy atom. The van der Waals surface area contributed by atoms with Crippen LogP contribution in [0.2, 0.25) is 0 Å². The van der Waals surface area contributed by atoms with Crippen molar-refractivity contribution < 1.29 is 0 Å². The van der Waals surface area contributed by atoms with Gasteiger partial charge in [-0.1, -0.05) is 53.3 Å². The summed E-state index contributed by atoms with van der Waals surface area (Å²) in [5.41, 5.74) is 3.05. The molecule has 0 unspecified atom stereocenters. The molecule has 2 heteroatoms. The lowest BCUT2D eigenvalue weighted by atomic mass is 10.0. The molecule has 0 aliphatic carbocycles. The van der Waals surface area contributed by atoms with Crippen LogP contribution >= 0.6 is 0 Å². The van der Waals surface area contributed by atoms with Crippen LogP contribution in [0.4, 0.5) is 0 Å². The minimum absolute atomic E-state index is 0.257. The molecule has 0 aliphatic rings. The summed E-state index contributed by atoms with van der Waals surface area (Å²) in [7, 11) is 2.12. The number of allylic oxidation sites excluding steroid dienone is 1. The van der Waals surface area contributed by atoms with Gasteiger partial charge in [0.25, 0.3) is 0 Å². The largest absolute Gasteiger partial charge is 0.377 e. The van der Waals surface area contributed by atoms with E-state index < -0.39 is 0 Å². The summed E-state index contributed by atoms with van der Waals surface area (Å²) < 4.78 is 0. The van der Waals surface area contributed by atoms with Crippen molar-refractivity contribution in [3.63, 3.8) is 0 Å². The van der Waals surface area contributed by atoms with Crippen LogP contribution in [0, 0.1) is 5.92 Å². The van der Waals surface area contributed by atoms with Crippen LogP contribution in [0.25, 0.3) is 0 Å². The van der Waals surface area contributed by atoms with E-state index in [9.17, 15) is 0 Å². The normalized spacial score (nSPS) is 12.1. The molecular weight excluding hydrogens is 232 g/mol. The molecule has 0 saturated heterocycles. The molecule has 0 spiro atoms. The second-order valence-corrected chi connectivity index (χ2v) is 5.86. The van der Waals surface area contributed by atoms with Gasteiger partial charge < -0.3 is 10.2 Å². The molecule has 0 aliphatic heterocycles. The highest BCUT2D eigenvalue weighted by molar-refractivity contribution is 5.23. The molecule has 0 radical (unpaired) electrons. The quantitative estimate of drug-likeness (QED) is 0.591. The highest BCUT2D eigenvalue weighted by Gasteiger charge is 2.16. The molecular formula is C17H32N2. The molecule has 0 saturated carbocycles. The van der Waals surface area contributed by atoms with E-state index in [-0.39, 0.29) is 6.04 Å². The maximum Gasteiger partial charge on any atom is 0.0655 e. The fourth-order valence-electron chi connectivity index (χ4n) is 1.99. The predicted octanol–water partition coefficient (Wildman–Crippen LogP) is 4.33. The van der Waals surface area contributed by atoms with Crippen LogP contribution in [0.5, 0.6) is 0 Å².